The lowest BCUT2D eigenvalue weighted by atomic mass is 10.1. The highest BCUT2D eigenvalue weighted by Gasteiger charge is 2.38. The number of sulfone groups is 1. The van der Waals surface area contributed by atoms with Gasteiger partial charge in [-0.05, 0) is 24.0 Å². The average molecular weight is 267 g/mol. The molecule has 1 aromatic carbocycles. The number of benzene rings is 1. The van der Waals surface area contributed by atoms with Gasteiger partial charge >= 0.3 is 0 Å². The van der Waals surface area contributed by atoms with Crippen molar-refractivity contribution >= 4 is 9.84 Å². The van der Waals surface area contributed by atoms with Gasteiger partial charge in [-0.1, -0.05) is 24.3 Å². The van der Waals surface area contributed by atoms with Crippen LogP contribution in [0, 0.1) is 0 Å². The Hall–Kier alpha value is -0.910. The van der Waals surface area contributed by atoms with Crippen LogP contribution >= 0.6 is 0 Å². The lowest BCUT2D eigenvalue weighted by Gasteiger charge is -2.20. The van der Waals surface area contributed by atoms with Crippen molar-refractivity contribution in [1.82, 2.24) is 5.32 Å². The molecule has 1 aliphatic heterocycles. The Labute approximate surface area is 107 Å². The van der Waals surface area contributed by atoms with Crippen LogP contribution in [0.5, 0.6) is 0 Å². The molecule has 2 atom stereocenters. The fourth-order valence-electron chi connectivity index (χ4n) is 2.97. The topological polar surface area (TPSA) is 66.4 Å². The van der Waals surface area contributed by atoms with Crippen molar-refractivity contribution in [2.75, 3.05) is 11.5 Å². The molecule has 1 aliphatic carbocycles. The van der Waals surface area contributed by atoms with Gasteiger partial charge in [0, 0.05) is 12.1 Å². The normalized spacial score (nSPS) is 30.5. The predicted molar refractivity (Wildman–Crippen MR) is 69.2 cm³/mol. The molecule has 2 N–H and O–H groups in total. The molecule has 1 fully saturated rings. The van der Waals surface area contributed by atoms with E-state index in [1.165, 1.54) is 11.1 Å². The molecule has 18 heavy (non-hydrogen) atoms. The van der Waals surface area contributed by atoms with Crippen molar-refractivity contribution in [3.05, 3.63) is 35.4 Å². The number of hydrogen-bond acceptors (Lipinski definition) is 4. The predicted octanol–water partition coefficient (Wildman–Crippen LogP) is -0.0987. The molecule has 0 saturated carbocycles. The van der Waals surface area contributed by atoms with Crippen molar-refractivity contribution in [2.45, 2.75) is 31.0 Å². The first-order valence-electron chi connectivity index (χ1n) is 6.25. The Kier molecular flexibility index (Phi) is 2.92. The van der Waals surface area contributed by atoms with Gasteiger partial charge in [-0.15, -0.1) is 0 Å². The van der Waals surface area contributed by atoms with Gasteiger partial charge in [-0.2, -0.15) is 0 Å². The summed E-state index contributed by atoms with van der Waals surface area (Å²) >= 11 is 0. The number of fused-ring (bicyclic) bond motifs is 1. The van der Waals surface area contributed by atoms with E-state index >= 15 is 0 Å². The highest BCUT2D eigenvalue weighted by molar-refractivity contribution is 7.91. The quantitative estimate of drug-likeness (QED) is 0.785. The summed E-state index contributed by atoms with van der Waals surface area (Å²) in [5.41, 5.74) is 2.65. The molecule has 0 bridgehead atoms. The molecule has 1 heterocycles. The molecule has 1 saturated heterocycles. The Morgan fingerprint density at radius 3 is 2.22 bits per heavy atom. The molecular weight excluding hydrogens is 250 g/mol. The van der Waals surface area contributed by atoms with Crippen LogP contribution in [0.25, 0.3) is 0 Å². The van der Waals surface area contributed by atoms with Crippen LogP contribution in [-0.2, 0) is 22.7 Å². The van der Waals surface area contributed by atoms with E-state index in [-0.39, 0.29) is 23.6 Å². The Balaban J connectivity index is 1.67. The first-order valence-corrected chi connectivity index (χ1v) is 8.07. The highest BCUT2D eigenvalue weighted by Crippen LogP contribution is 2.23. The number of aliphatic hydroxyl groups is 1. The third-order valence-electron chi connectivity index (χ3n) is 3.82. The van der Waals surface area contributed by atoms with Crippen molar-refractivity contribution in [3.8, 4) is 0 Å². The maximum atomic E-state index is 11.4. The number of aliphatic hydroxyl groups excluding tert-OH is 1. The van der Waals surface area contributed by atoms with Crippen LogP contribution in [-0.4, -0.2) is 43.2 Å². The molecule has 1 aromatic rings. The summed E-state index contributed by atoms with van der Waals surface area (Å²) in [5.74, 6) is -0.0503. The first-order chi connectivity index (χ1) is 8.53. The second-order valence-electron chi connectivity index (χ2n) is 5.29. The van der Waals surface area contributed by atoms with Crippen molar-refractivity contribution in [2.24, 2.45) is 0 Å². The second-order valence-corrected chi connectivity index (χ2v) is 7.45. The largest absolute Gasteiger partial charge is 0.390 e. The van der Waals surface area contributed by atoms with Crippen molar-refractivity contribution in [3.63, 3.8) is 0 Å². The summed E-state index contributed by atoms with van der Waals surface area (Å²) in [6, 6.07) is 8.20. The Morgan fingerprint density at radius 2 is 1.72 bits per heavy atom. The van der Waals surface area contributed by atoms with Crippen LogP contribution in [0.4, 0.5) is 0 Å². The summed E-state index contributed by atoms with van der Waals surface area (Å²) in [4.78, 5) is 0. The summed E-state index contributed by atoms with van der Waals surface area (Å²) in [5, 5.41) is 13.1. The van der Waals surface area contributed by atoms with Crippen LogP contribution in [0.15, 0.2) is 24.3 Å². The summed E-state index contributed by atoms with van der Waals surface area (Å²) in [6.07, 6.45) is 1.07. The Morgan fingerprint density at radius 1 is 1.11 bits per heavy atom. The standard InChI is InChI=1S/C13H17NO3S/c15-13-8-18(16,17)7-12(13)14-11-5-9-3-1-2-4-10(9)6-11/h1-4,11-15H,5-8H2. The molecular formula is C13H17NO3S. The van der Waals surface area contributed by atoms with Gasteiger partial charge in [0.2, 0.25) is 0 Å². The van der Waals surface area contributed by atoms with Crippen LogP contribution in [0.1, 0.15) is 11.1 Å². The fraction of sp³-hybridized carbons (Fsp3) is 0.538. The third-order valence-corrected chi connectivity index (χ3v) is 5.54. The van der Waals surface area contributed by atoms with E-state index in [1.807, 2.05) is 12.1 Å². The van der Waals surface area contributed by atoms with E-state index in [4.69, 9.17) is 0 Å². The van der Waals surface area contributed by atoms with Gasteiger partial charge in [-0.3, -0.25) is 0 Å². The molecule has 0 amide bonds. The fourth-order valence-corrected chi connectivity index (χ4v) is 4.72. The summed E-state index contributed by atoms with van der Waals surface area (Å²) < 4.78 is 22.9. The highest BCUT2D eigenvalue weighted by atomic mass is 32.2. The minimum atomic E-state index is -3.07. The van der Waals surface area contributed by atoms with Gasteiger partial charge in [0.05, 0.1) is 17.6 Å². The zero-order valence-electron chi connectivity index (χ0n) is 10.0. The van der Waals surface area contributed by atoms with E-state index in [0.717, 1.165) is 12.8 Å². The van der Waals surface area contributed by atoms with Crippen LogP contribution in [0.3, 0.4) is 0 Å². The summed E-state index contributed by atoms with van der Waals surface area (Å²) in [6.45, 7) is 0. The zero-order chi connectivity index (χ0) is 12.8. The molecule has 0 spiro atoms. The first kappa shape index (κ1) is 12.1. The molecule has 2 aliphatic rings. The smallest absolute Gasteiger partial charge is 0.154 e. The maximum Gasteiger partial charge on any atom is 0.154 e. The van der Waals surface area contributed by atoms with Gasteiger partial charge in [0.15, 0.2) is 9.84 Å². The average Bonchev–Trinajstić information content (AvgIpc) is 2.79. The summed E-state index contributed by atoms with van der Waals surface area (Å²) in [7, 11) is -3.07. The van der Waals surface area contributed by atoms with Crippen LogP contribution in [0.2, 0.25) is 0 Å². The van der Waals surface area contributed by atoms with E-state index in [0.29, 0.717) is 0 Å². The van der Waals surface area contributed by atoms with Crippen molar-refractivity contribution < 1.29 is 13.5 Å². The third kappa shape index (κ3) is 2.30. The zero-order valence-corrected chi connectivity index (χ0v) is 10.9. The monoisotopic (exact) mass is 267 g/mol. The number of hydrogen-bond donors (Lipinski definition) is 2. The molecule has 0 radical (unpaired) electrons. The lowest BCUT2D eigenvalue weighted by molar-refractivity contribution is 0.159. The van der Waals surface area contributed by atoms with E-state index in [2.05, 4.69) is 17.4 Å². The molecule has 4 nitrogen and oxygen atoms in total. The molecule has 0 aromatic heterocycles. The van der Waals surface area contributed by atoms with Gasteiger partial charge in [0.25, 0.3) is 0 Å². The van der Waals surface area contributed by atoms with Crippen LogP contribution < -0.4 is 5.32 Å². The Bertz CT molecular complexity index is 530. The van der Waals surface area contributed by atoms with E-state index in [1.54, 1.807) is 0 Å². The van der Waals surface area contributed by atoms with E-state index in [9.17, 15) is 13.5 Å². The minimum Gasteiger partial charge on any atom is -0.390 e. The number of nitrogens with one attached hydrogen (secondary N) is 1. The lowest BCUT2D eigenvalue weighted by Crippen LogP contribution is -2.45. The van der Waals surface area contributed by atoms with Gasteiger partial charge < -0.3 is 10.4 Å². The molecule has 3 rings (SSSR count). The van der Waals surface area contributed by atoms with Gasteiger partial charge in [-0.25, -0.2) is 8.42 Å². The molecule has 98 valence electrons. The molecule has 2 unspecified atom stereocenters. The SMILES string of the molecule is O=S1(=O)CC(O)C(NC2Cc3ccccc3C2)C1. The van der Waals surface area contributed by atoms with E-state index < -0.39 is 15.9 Å². The second kappa shape index (κ2) is 4.33. The van der Waals surface area contributed by atoms with Gasteiger partial charge in [0.1, 0.15) is 0 Å². The molecule has 5 heteroatoms. The minimum absolute atomic E-state index is 0.0566. The number of rotatable bonds is 2. The van der Waals surface area contributed by atoms with Crippen molar-refractivity contribution in [1.29, 1.82) is 0 Å². The maximum absolute atomic E-state index is 11.4.